The lowest BCUT2D eigenvalue weighted by Crippen LogP contribution is -3.19. The van der Waals surface area contributed by atoms with Gasteiger partial charge in [0.05, 0.1) is 38.3 Å². The molecule has 0 aliphatic carbocycles. The first-order valence-corrected chi connectivity index (χ1v) is 9.32. The molecule has 0 radical (unpaired) electrons. The molecule has 27 heavy (non-hydrogen) atoms. The van der Waals surface area contributed by atoms with E-state index in [4.69, 9.17) is 0 Å². The van der Waals surface area contributed by atoms with Gasteiger partial charge in [-0.05, 0) is 42.8 Å². The summed E-state index contributed by atoms with van der Waals surface area (Å²) in [7, 11) is 0. The third-order valence-corrected chi connectivity index (χ3v) is 5.59. The van der Waals surface area contributed by atoms with Crippen LogP contribution in [0.5, 0.6) is 0 Å². The summed E-state index contributed by atoms with van der Waals surface area (Å²) in [4.78, 5) is 30.3. The van der Waals surface area contributed by atoms with Crippen LogP contribution in [-0.2, 0) is 9.59 Å². The zero-order valence-corrected chi connectivity index (χ0v) is 15.3. The van der Waals surface area contributed by atoms with E-state index in [-0.39, 0.29) is 30.1 Å². The maximum absolute atomic E-state index is 13.1. The third-order valence-electron chi connectivity index (χ3n) is 5.59. The maximum Gasteiger partial charge on any atom is 0.292 e. The number of anilines is 2. The fraction of sp³-hybridized carbons (Fsp3) is 0.333. The lowest BCUT2D eigenvalue weighted by Gasteiger charge is -2.35. The molecule has 140 valence electrons. The third kappa shape index (κ3) is 3.32. The lowest BCUT2D eigenvalue weighted by molar-refractivity contribution is -0.915. The second kappa shape index (κ2) is 7.12. The molecule has 2 aromatic carbocycles. The Morgan fingerprint density at radius 1 is 1.00 bits per heavy atom. The summed E-state index contributed by atoms with van der Waals surface area (Å²) in [6.45, 7) is 5.04. The first-order chi connectivity index (χ1) is 13.0. The molecule has 6 heteroatoms. The standard InChI is InChI=1S/C21H22FN3O2/c1-15-4-2-3-5-18(15)25-20(26)14-19(21(25)27)24-12-10-23(11-13-24)17-8-6-16(22)7-9-17/h2-9,19H,10-14H2,1H3/p+1/t19-/m0/s1. The van der Waals surface area contributed by atoms with Crippen molar-refractivity contribution in [2.45, 2.75) is 19.4 Å². The molecule has 0 spiro atoms. The summed E-state index contributed by atoms with van der Waals surface area (Å²) in [5.41, 5.74) is 2.61. The molecule has 5 nitrogen and oxygen atoms in total. The minimum Gasteiger partial charge on any atom is -0.360 e. The summed E-state index contributed by atoms with van der Waals surface area (Å²) in [6.07, 6.45) is 0.263. The van der Waals surface area contributed by atoms with Crippen molar-refractivity contribution in [2.75, 3.05) is 36.0 Å². The number of hydrogen-bond acceptors (Lipinski definition) is 3. The highest BCUT2D eigenvalue weighted by atomic mass is 19.1. The van der Waals surface area contributed by atoms with Crippen LogP contribution in [0.3, 0.4) is 0 Å². The van der Waals surface area contributed by atoms with Gasteiger partial charge in [0.2, 0.25) is 5.91 Å². The maximum atomic E-state index is 13.1. The molecular weight excluding hydrogens is 345 g/mol. The van der Waals surface area contributed by atoms with E-state index in [1.54, 1.807) is 12.1 Å². The summed E-state index contributed by atoms with van der Waals surface area (Å²) < 4.78 is 13.1. The summed E-state index contributed by atoms with van der Waals surface area (Å²) >= 11 is 0. The van der Waals surface area contributed by atoms with E-state index in [1.165, 1.54) is 17.0 Å². The van der Waals surface area contributed by atoms with Crippen molar-refractivity contribution >= 4 is 23.2 Å². The number of nitrogens with zero attached hydrogens (tertiary/aromatic N) is 2. The SMILES string of the molecule is Cc1ccccc1N1C(=O)C[C@H]([NH+]2CCN(c3ccc(F)cc3)CC2)C1=O. The van der Waals surface area contributed by atoms with Crippen LogP contribution in [0.4, 0.5) is 15.8 Å². The number of carbonyl (C=O) groups is 2. The number of piperazine rings is 1. The van der Waals surface area contributed by atoms with Gasteiger partial charge in [0.1, 0.15) is 5.82 Å². The number of halogens is 1. The second-order valence-corrected chi connectivity index (χ2v) is 7.23. The van der Waals surface area contributed by atoms with E-state index in [0.29, 0.717) is 5.69 Å². The van der Waals surface area contributed by atoms with Gasteiger partial charge in [-0.1, -0.05) is 18.2 Å². The first-order valence-electron chi connectivity index (χ1n) is 9.32. The Morgan fingerprint density at radius 3 is 2.33 bits per heavy atom. The molecule has 2 amide bonds. The Bertz CT molecular complexity index is 860. The average molecular weight is 368 g/mol. The van der Waals surface area contributed by atoms with Crippen LogP contribution in [0.25, 0.3) is 0 Å². The van der Waals surface area contributed by atoms with Crippen LogP contribution in [-0.4, -0.2) is 44.0 Å². The molecule has 2 fully saturated rings. The van der Waals surface area contributed by atoms with E-state index in [2.05, 4.69) is 4.90 Å². The van der Waals surface area contributed by atoms with Gasteiger partial charge in [0.15, 0.2) is 6.04 Å². The number of hydrogen-bond donors (Lipinski definition) is 1. The largest absolute Gasteiger partial charge is 0.360 e. The van der Waals surface area contributed by atoms with Crippen molar-refractivity contribution in [3.8, 4) is 0 Å². The number of para-hydroxylation sites is 1. The Labute approximate surface area is 158 Å². The van der Waals surface area contributed by atoms with E-state index in [1.807, 2.05) is 31.2 Å². The number of benzene rings is 2. The van der Waals surface area contributed by atoms with Gasteiger partial charge < -0.3 is 9.80 Å². The Balaban J connectivity index is 1.45. The van der Waals surface area contributed by atoms with Gasteiger partial charge in [-0.15, -0.1) is 0 Å². The van der Waals surface area contributed by atoms with Crippen LogP contribution in [0.2, 0.25) is 0 Å². The van der Waals surface area contributed by atoms with Gasteiger partial charge in [-0.3, -0.25) is 9.59 Å². The van der Waals surface area contributed by atoms with Crippen molar-refractivity contribution in [2.24, 2.45) is 0 Å². The highest BCUT2D eigenvalue weighted by molar-refractivity contribution is 6.22. The van der Waals surface area contributed by atoms with Crippen molar-refractivity contribution in [3.63, 3.8) is 0 Å². The minimum atomic E-state index is -0.313. The van der Waals surface area contributed by atoms with Crippen LogP contribution in [0, 0.1) is 12.7 Å². The minimum absolute atomic E-state index is 0.0977. The first kappa shape index (κ1) is 17.7. The number of imide groups is 1. The fourth-order valence-corrected chi connectivity index (χ4v) is 4.07. The summed E-state index contributed by atoms with van der Waals surface area (Å²) in [5.74, 6) is -0.457. The fourth-order valence-electron chi connectivity index (χ4n) is 4.07. The van der Waals surface area contributed by atoms with Gasteiger partial charge >= 0.3 is 0 Å². The normalized spacial score (nSPS) is 21.2. The second-order valence-electron chi connectivity index (χ2n) is 7.23. The summed E-state index contributed by atoms with van der Waals surface area (Å²) in [6, 6.07) is 13.7. The van der Waals surface area contributed by atoms with Crippen molar-refractivity contribution < 1.29 is 18.9 Å². The van der Waals surface area contributed by atoms with E-state index in [0.717, 1.165) is 42.3 Å². The topological polar surface area (TPSA) is 45.1 Å². The van der Waals surface area contributed by atoms with Crippen LogP contribution < -0.4 is 14.7 Å². The zero-order valence-electron chi connectivity index (χ0n) is 15.3. The highest BCUT2D eigenvalue weighted by Crippen LogP contribution is 2.25. The van der Waals surface area contributed by atoms with Gasteiger partial charge in [-0.25, -0.2) is 9.29 Å². The van der Waals surface area contributed by atoms with E-state index in [9.17, 15) is 14.0 Å². The molecule has 2 aliphatic heterocycles. The molecule has 0 saturated carbocycles. The average Bonchev–Trinajstić information content (AvgIpc) is 2.97. The predicted octanol–water partition coefficient (Wildman–Crippen LogP) is 1.17. The molecule has 1 N–H and O–H groups in total. The molecular formula is C21H23FN3O2+. The Morgan fingerprint density at radius 2 is 1.67 bits per heavy atom. The van der Waals surface area contributed by atoms with Crippen molar-refractivity contribution in [1.82, 2.24) is 0 Å². The smallest absolute Gasteiger partial charge is 0.292 e. The monoisotopic (exact) mass is 368 g/mol. The number of nitrogens with one attached hydrogen (secondary N) is 1. The highest BCUT2D eigenvalue weighted by Gasteiger charge is 2.46. The Kier molecular flexibility index (Phi) is 4.66. The molecule has 2 heterocycles. The number of amides is 2. The van der Waals surface area contributed by atoms with Crippen LogP contribution in [0.15, 0.2) is 48.5 Å². The number of aryl methyl sites for hydroxylation is 1. The summed E-state index contributed by atoms with van der Waals surface area (Å²) in [5, 5.41) is 0. The lowest BCUT2D eigenvalue weighted by atomic mass is 10.1. The molecule has 2 aromatic rings. The number of quaternary nitrogens is 1. The molecule has 2 saturated heterocycles. The molecule has 0 aromatic heterocycles. The molecule has 0 bridgehead atoms. The van der Waals surface area contributed by atoms with Crippen LogP contribution in [0.1, 0.15) is 12.0 Å². The van der Waals surface area contributed by atoms with Gasteiger partial charge in [0, 0.05) is 5.69 Å². The Hall–Kier alpha value is -2.73. The molecule has 2 aliphatic rings. The van der Waals surface area contributed by atoms with Crippen LogP contribution >= 0.6 is 0 Å². The molecule has 0 unspecified atom stereocenters. The van der Waals surface area contributed by atoms with Gasteiger partial charge in [0.25, 0.3) is 5.91 Å². The van der Waals surface area contributed by atoms with Crippen molar-refractivity contribution in [3.05, 3.63) is 59.9 Å². The predicted molar refractivity (Wildman–Crippen MR) is 101 cm³/mol. The number of carbonyl (C=O) groups excluding carboxylic acids is 2. The number of rotatable bonds is 3. The zero-order chi connectivity index (χ0) is 19.0. The quantitative estimate of drug-likeness (QED) is 0.828. The van der Waals surface area contributed by atoms with Crippen molar-refractivity contribution in [1.29, 1.82) is 0 Å². The van der Waals surface area contributed by atoms with Gasteiger partial charge in [-0.2, -0.15) is 0 Å². The molecule has 1 atom stereocenters. The molecule has 4 rings (SSSR count). The van der Waals surface area contributed by atoms with E-state index < -0.39 is 0 Å². The van der Waals surface area contributed by atoms with E-state index >= 15 is 0 Å².